The van der Waals surface area contributed by atoms with Crippen molar-refractivity contribution in [2.24, 2.45) is 0 Å². The smallest absolute Gasteiger partial charge is 0.322 e. The summed E-state index contributed by atoms with van der Waals surface area (Å²) >= 11 is 0. The highest BCUT2D eigenvalue weighted by atomic mass is 16.5. The Balaban J connectivity index is 2.11. The maximum atomic E-state index is 11.5. The summed E-state index contributed by atoms with van der Waals surface area (Å²) in [4.78, 5) is 25.0. The van der Waals surface area contributed by atoms with Gasteiger partial charge < -0.3 is 4.74 Å². The number of fused-ring (bicyclic) bond motifs is 2. The van der Waals surface area contributed by atoms with Gasteiger partial charge in [-0.3, -0.25) is 14.5 Å². The first-order chi connectivity index (χ1) is 7.13. The summed E-state index contributed by atoms with van der Waals surface area (Å²) < 4.78 is 4.75. The minimum absolute atomic E-state index is 0.193. The topological polar surface area (TPSA) is 46.6 Å². The zero-order valence-corrected chi connectivity index (χ0v) is 9.23. The highest BCUT2D eigenvalue weighted by Crippen LogP contribution is 2.35. The van der Waals surface area contributed by atoms with Crippen molar-refractivity contribution in [1.82, 2.24) is 4.90 Å². The van der Waals surface area contributed by atoms with Gasteiger partial charge in [-0.15, -0.1) is 0 Å². The van der Waals surface area contributed by atoms with Crippen LogP contribution in [0.15, 0.2) is 0 Å². The number of Topliss-reactive ketones (excluding diaryl/α,β-unsaturated/α-hetero) is 1. The summed E-state index contributed by atoms with van der Waals surface area (Å²) in [5, 5.41) is 0. The molecule has 4 heteroatoms. The molecule has 2 rings (SSSR count). The number of nitrogens with zero attached hydrogens (tertiary/aromatic N) is 1. The van der Waals surface area contributed by atoms with Gasteiger partial charge in [-0.2, -0.15) is 0 Å². The lowest BCUT2D eigenvalue weighted by Crippen LogP contribution is -2.51. The Morgan fingerprint density at radius 1 is 1.40 bits per heavy atom. The van der Waals surface area contributed by atoms with Gasteiger partial charge in [0, 0.05) is 24.9 Å². The Morgan fingerprint density at radius 3 is 2.40 bits per heavy atom. The molecule has 0 spiro atoms. The average Bonchev–Trinajstić information content (AvgIpc) is 2.49. The third-order valence-electron chi connectivity index (χ3n) is 3.59. The van der Waals surface area contributed by atoms with Crippen molar-refractivity contribution in [3.63, 3.8) is 0 Å². The number of rotatable bonds is 2. The monoisotopic (exact) mass is 211 g/mol. The van der Waals surface area contributed by atoms with E-state index in [1.165, 1.54) is 7.11 Å². The minimum atomic E-state index is -0.208. The van der Waals surface area contributed by atoms with Gasteiger partial charge >= 0.3 is 5.97 Å². The molecule has 4 nitrogen and oxygen atoms in total. The van der Waals surface area contributed by atoms with E-state index in [-0.39, 0.29) is 24.1 Å². The van der Waals surface area contributed by atoms with Crippen LogP contribution < -0.4 is 0 Å². The summed E-state index contributed by atoms with van der Waals surface area (Å²) in [7, 11) is 1.41. The van der Waals surface area contributed by atoms with Gasteiger partial charge in [0.25, 0.3) is 0 Å². The largest absolute Gasteiger partial charge is 0.468 e. The fourth-order valence-electron chi connectivity index (χ4n) is 2.93. The number of ketones is 1. The van der Waals surface area contributed by atoms with Crippen LogP contribution in [0.5, 0.6) is 0 Å². The fourth-order valence-corrected chi connectivity index (χ4v) is 2.93. The molecular formula is C11H17NO3. The molecule has 0 aromatic carbocycles. The Hall–Kier alpha value is -0.900. The number of carbonyl (C=O) groups is 2. The summed E-state index contributed by atoms with van der Waals surface area (Å²) in [5.41, 5.74) is 0. The molecule has 2 fully saturated rings. The van der Waals surface area contributed by atoms with Crippen LogP contribution in [0.1, 0.15) is 32.6 Å². The molecule has 2 heterocycles. The van der Waals surface area contributed by atoms with Gasteiger partial charge in [0.15, 0.2) is 0 Å². The number of ether oxygens (including phenoxy) is 1. The summed E-state index contributed by atoms with van der Waals surface area (Å²) in [6.07, 6.45) is 3.30. The van der Waals surface area contributed by atoms with Crippen molar-refractivity contribution in [1.29, 1.82) is 0 Å². The second-order valence-electron chi connectivity index (χ2n) is 4.48. The molecule has 0 saturated carbocycles. The van der Waals surface area contributed by atoms with E-state index >= 15 is 0 Å². The van der Waals surface area contributed by atoms with Gasteiger partial charge in [0.05, 0.1) is 7.11 Å². The first-order valence-corrected chi connectivity index (χ1v) is 5.50. The Bertz CT molecular complexity index is 274. The van der Waals surface area contributed by atoms with Crippen LogP contribution in [0.3, 0.4) is 0 Å². The second-order valence-corrected chi connectivity index (χ2v) is 4.48. The first kappa shape index (κ1) is 10.6. The van der Waals surface area contributed by atoms with E-state index in [0.29, 0.717) is 18.6 Å². The predicted octanol–water partition coefficient (Wildman–Crippen LogP) is 0.744. The van der Waals surface area contributed by atoms with Crippen molar-refractivity contribution in [3.05, 3.63) is 0 Å². The van der Waals surface area contributed by atoms with E-state index in [0.717, 1.165) is 12.8 Å². The van der Waals surface area contributed by atoms with E-state index in [9.17, 15) is 9.59 Å². The quantitative estimate of drug-likeness (QED) is 0.632. The third kappa shape index (κ3) is 1.78. The highest BCUT2D eigenvalue weighted by molar-refractivity contribution is 5.82. The van der Waals surface area contributed by atoms with E-state index in [1.54, 1.807) is 0 Å². The molecule has 3 atom stereocenters. The third-order valence-corrected chi connectivity index (χ3v) is 3.59. The van der Waals surface area contributed by atoms with Gasteiger partial charge in [0.1, 0.15) is 11.8 Å². The fraction of sp³-hybridized carbons (Fsp3) is 0.818. The van der Waals surface area contributed by atoms with Crippen LogP contribution in [0.2, 0.25) is 0 Å². The molecule has 2 aliphatic rings. The summed E-state index contributed by atoms with van der Waals surface area (Å²) in [6, 6.07) is 0.330. The number of esters is 1. The molecule has 84 valence electrons. The Labute approximate surface area is 89.6 Å². The van der Waals surface area contributed by atoms with Crippen molar-refractivity contribution in [3.8, 4) is 0 Å². The minimum Gasteiger partial charge on any atom is -0.468 e. The SMILES string of the molecule is COC(=O)C(C)N1C2CCC1CC(=O)C2. The molecule has 0 amide bonds. The molecule has 15 heavy (non-hydrogen) atoms. The van der Waals surface area contributed by atoms with Crippen molar-refractivity contribution in [2.75, 3.05) is 7.11 Å². The lowest BCUT2D eigenvalue weighted by atomic mass is 9.99. The normalized spacial score (nSPS) is 32.8. The van der Waals surface area contributed by atoms with Gasteiger partial charge in [-0.05, 0) is 19.8 Å². The van der Waals surface area contributed by atoms with Gasteiger partial charge in [0.2, 0.25) is 0 Å². The molecule has 2 aliphatic heterocycles. The van der Waals surface area contributed by atoms with Crippen molar-refractivity contribution < 1.29 is 14.3 Å². The predicted molar refractivity (Wildman–Crippen MR) is 54.4 cm³/mol. The van der Waals surface area contributed by atoms with Gasteiger partial charge in [-0.25, -0.2) is 0 Å². The van der Waals surface area contributed by atoms with E-state index in [1.807, 2.05) is 6.92 Å². The molecule has 0 aromatic rings. The van der Waals surface area contributed by atoms with Crippen LogP contribution in [0.25, 0.3) is 0 Å². The van der Waals surface area contributed by atoms with Crippen LogP contribution in [-0.2, 0) is 14.3 Å². The van der Waals surface area contributed by atoms with Gasteiger partial charge in [-0.1, -0.05) is 0 Å². The van der Waals surface area contributed by atoms with Crippen molar-refractivity contribution >= 4 is 11.8 Å². The molecule has 2 bridgehead atoms. The van der Waals surface area contributed by atoms with Crippen LogP contribution in [0, 0.1) is 0 Å². The maximum absolute atomic E-state index is 11.5. The Kier molecular flexibility index (Phi) is 2.78. The lowest BCUT2D eigenvalue weighted by molar-refractivity contribution is -0.149. The molecule has 0 aromatic heterocycles. The number of hydrogen-bond donors (Lipinski definition) is 0. The number of piperidine rings is 1. The number of methoxy groups -OCH3 is 1. The zero-order chi connectivity index (χ0) is 11.0. The number of carbonyl (C=O) groups excluding carboxylic acids is 2. The van der Waals surface area contributed by atoms with E-state index < -0.39 is 0 Å². The number of hydrogen-bond acceptors (Lipinski definition) is 4. The average molecular weight is 211 g/mol. The second kappa shape index (κ2) is 3.93. The molecular weight excluding hydrogens is 194 g/mol. The van der Waals surface area contributed by atoms with E-state index in [4.69, 9.17) is 4.74 Å². The van der Waals surface area contributed by atoms with Crippen LogP contribution in [0.4, 0.5) is 0 Å². The van der Waals surface area contributed by atoms with E-state index in [2.05, 4.69) is 4.90 Å². The van der Waals surface area contributed by atoms with Crippen molar-refractivity contribution in [2.45, 2.75) is 50.7 Å². The molecule has 3 unspecified atom stereocenters. The molecule has 0 N–H and O–H groups in total. The first-order valence-electron chi connectivity index (χ1n) is 5.50. The summed E-state index contributed by atoms with van der Waals surface area (Å²) in [5.74, 6) is 0.150. The molecule has 0 radical (unpaired) electrons. The maximum Gasteiger partial charge on any atom is 0.322 e. The molecule has 2 saturated heterocycles. The molecule has 0 aliphatic carbocycles. The lowest BCUT2D eigenvalue weighted by Gasteiger charge is -2.37. The van der Waals surface area contributed by atoms with Crippen LogP contribution in [-0.4, -0.2) is 41.9 Å². The summed E-state index contributed by atoms with van der Waals surface area (Å²) in [6.45, 7) is 1.87. The van der Waals surface area contributed by atoms with Crippen LogP contribution >= 0.6 is 0 Å². The zero-order valence-electron chi connectivity index (χ0n) is 9.23. The Morgan fingerprint density at radius 2 is 1.93 bits per heavy atom. The highest BCUT2D eigenvalue weighted by Gasteiger charge is 2.44. The standard InChI is InChI=1S/C11H17NO3/c1-7(11(14)15-2)12-8-3-4-9(12)6-10(13)5-8/h7-9H,3-6H2,1-2H3.